The third-order valence-corrected chi connectivity index (χ3v) is 8.24. The van der Waals surface area contributed by atoms with E-state index < -0.39 is 10.1 Å². The van der Waals surface area contributed by atoms with E-state index in [0.29, 0.717) is 81.8 Å². The molecule has 3 N–H and O–H groups in total. The lowest BCUT2D eigenvalue weighted by Crippen LogP contribution is -2.37. The molecule has 4 aromatic rings. The number of nitrogens with one attached hydrogen (secondary N) is 2. The highest BCUT2D eigenvalue weighted by molar-refractivity contribution is 7.86. The van der Waals surface area contributed by atoms with Gasteiger partial charge in [0.05, 0.1) is 40.6 Å². The number of morpholine rings is 2. The summed E-state index contributed by atoms with van der Waals surface area (Å²) in [5.41, 5.74) is 2.11. The number of benzene rings is 2. The van der Waals surface area contributed by atoms with Gasteiger partial charge in [0.25, 0.3) is 10.1 Å². The molecule has 0 radical (unpaired) electrons. The van der Waals surface area contributed by atoms with E-state index in [4.69, 9.17) is 18.9 Å². The van der Waals surface area contributed by atoms with Crippen molar-refractivity contribution >= 4 is 57.4 Å². The minimum Gasteiger partial charge on any atom is -0.467 e. The fourth-order valence-corrected chi connectivity index (χ4v) is 5.60. The molecule has 0 unspecified atom stereocenters. The third-order valence-electron chi connectivity index (χ3n) is 7.33. The van der Waals surface area contributed by atoms with Gasteiger partial charge in [-0.05, 0) is 35.4 Å². The lowest BCUT2D eigenvalue weighted by atomic mass is 10.1. The molecule has 252 valence electrons. The van der Waals surface area contributed by atoms with E-state index in [1.54, 1.807) is 24.3 Å². The molecule has 0 bridgehead atoms. The zero-order valence-corrected chi connectivity index (χ0v) is 27.1. The van der Waals surface area contributed by atoms with Crippen molar-refractivity contribution in [3.63, 3.8) is 0 Å². The van der Waals surface area contributed by atoms with Crippen LogP contribution in [0.4, 0.5) is 35.2 Å². The maximum absolute atomic E-state index is 12.4. The highest BCUT2D eigenvalue weighted by atomic mass is 32.2. The molecule has 0 amide bonds. The second kappa shape index (κ2) is 14.7. The Kier molecular flexibility index (Phi) is 10.0. The number of aromatic nitrogens is 6. The lowest BCUT2D eigenvalue weighted by molar-refractivity contribution is 0.122. The number of methoxy groups -OCH3 is 2. The molecule has 2 aromatic carbocycles. The molecule has 0 aliphatic carbocycles. The Morgan fingerprint density at radius 3 is 1.71 bits per heavy atom. The summed E-state index contributed by atoms with van der Waals surface area (Å²) in [5, 5.41) is 6.16. The van der Waals surface area contributed by atoms with Crippen molar-refractivity contribution in [3.8, 4) is 12.0 Å². The van der Waals surface area contributed by atoms with Crippen LogP contribution in [0.25, 0.3) is 12.2 Å². The Hall–Kier alpha value is -5.17. The largest absolute Gasteiger partial charge is 0.467 e. The lowest BCUT2D eigenvalue weighted by Gasteiger charge is -2.26. The zero-order chi connectivity index (χ0) is 33.5. The van der Waals surface area contributed by atoms with Crippen LogP contribution in [0.3, 0.4) is 0 Å². The second-order valence-electron chi connectivity index (χ2n) is 10.5. The maximum Gasteiger partial charge on any atom is 0.322 e. The average Bonchev–Trinajstić information content (AvgIpc) is 3.11. The minimum atomic E-state index is -4.59. The Labute approximate surface area is 276 Å². The van der Waals surface area contributed by atoms with Crippen molar-refractivity contribution < 1.29 is 31.9 Å². The van der Waals surface area contributed by atoms with Gasteiger partial charge in [-0.25, -0.2) is 0 Å². The monoisotopic (exact) mass is 678 g/mol. The van der Waals surface area contributed by atoms with E-state index in [1.165, 1.54) is 20.3 Å². The molecule has 2 fully saturated rings. The highest BCUT2D eigenvalue weighted by Gasteiger charge is 2.20. The molecule has 2 aliphatic rings. The SMILES string of the molecule is COc1nc(Nc2ccc(/C=C/c3ccc(Nc4nc(OC)nc(N5CCOCC5)n4)cc3S(=O)(=O)O)cc2)nc(N2CCOCC2)n1. The van der Waals surface area contributed by atoms with E-state index in [-0.39, 0.29) is 28.4 Å². The quantitative estimate of drug-likeness (QED) is 0.154. The van der Waals surface area contributed by atoms with Gasteiger partial charge >= 0.3 is 12.0 Å². The molecular weight excluding hydrogens is 644 g/mol. The molecule has 0 atom stereocenters. The van der Waals surface area contributed by atoms with E-state index in [9.17, 15) is 13.0 Å². The Morgan fingerprint density at radius 1 is 0.708 bits per heavy atom. The average molecular weight is 679 g/mol. The summed E-state index contributed by atoms with van der Waals surface area (Å²) >= 11 is 0. The van der Waals surface area contributed by atoms with Crippen molar-refractivity contribution in [1.82, 2.24) is 29.9 Å². The van der Waals surface area contributed by atoms with Gasteiger partial charge in [0.2, 0.25) is 23.8 Å². The minimum absolute atomic E-state index is 0.0931. The summed E-state index contributed by atoms with van der Waals surface area (Å²) in [4.78, 5) is 29.8. The summed E-state index contributed by atoms with van der Waals surface area (Å²) in [6, 6.07) is 12.1. The second-order valence-corrected chi connectivity index (χ2v) is 11.9. The molecule has 2 saturated heterocycles. The van der Waals surface area contributed by atoms with Crippen LogP contribution in [0.5, 0.6) is 12.0 Å². The van der Waals surface area contributed by atoms with Crippen LogP contribution in [-0.4, -0.2) is 110 Å². The molecule has 18 heteroatoms. The highest BCUT2D eigenvalue weighted by Crippen LogP contribution is 2.26. The fraction of sp³-hybridized carbons (Fsp3) is 0.333. The number of rotatable bonds is 11. The van der Waals surface area contributed by atoms with Gasteiger partial charge in [-0.15, -0.1) is 0 Å². The van der Waals surface area contributed by atoms with Crippen molar-refractivity contribution in [1.29, 1.82) is 0 Å². The number of hydrogen-bond donors (Lipinski definition) is 3. The molecule has 17 nitrogen and oxygen atoms in total. The van der Waals surface area contributed by atoms with Crippen LogP contribution in [0.15, 0.2) is 47.4 Å². The van der Waals surface area contributed by atoms with Crippen molar-refractivity contribution in [2.45, 2.75) is 4.90 Å². The van der Waals surface area contributed by atoms with Gasteiger partial charge in [-0.2, -0.15) is 38.3 Å². The summed E-state index contributed by atoms with van der Waals surface area (Å²) in [6.07, 6.45) is 3.33. The van der Waals surface area contributed by atoms with Crippen molar-refractivity contribution in [2.24, 2.45) is 0 Å². The van der Waals surface area contributed by atoms with Gasteiger partial charge in [0.15, 0.2) is 0 Å². The maximum atomic E-state index is 12.4. The predicted molar refractivity (Wildman–Crippen MR) is 177 cm³/mol. The zero-order valence-electron chi connectivity index (χ0n) is 26.2. The molecule has 2 aliphatic heterocycles. The summed E-state index contributed by atoms with van der Waals surface area (Å²) in [6.45, 7) is 4.78. The van der Waals surface area contributed by atoms with Gasteiger partial charge in [-0.3, -0.25) is 4.55 Å². The Bertz CT molecular complexity index is 1870. The van der Waals surface area contributed by atoms with Crippen molar-refractivity contribution in [2.75, 3.05) is 87.3 Å². The Morgan fingerprint density at radius 2 is 1.21 bits per heavy atom. The third kappa shape index (κ3) is 8.21. The summed E-state index contributed by atoms with van der Waals surface area (Å²) in [7, 11) is -1.65. The predicted octanol–water partition coefficient (Wildman–Crippen LogP) is 2.65. The number of anilines is 6. The standard InChI is InChI=1S/C30H34N10O7S/c1-44-29-35-25(33-27(37-29)39-11-15-46-16-12-39)31-22-8-4-20(5-9-22)3-6-21-7-10-23(19-24(21)48(41,42)43)32-26-34-28(38-30(36-26)45-2)40-13-17-47-18-14-40/h3-10,19H,11-18H2,1-2H3,(H,41,42,43)(H,31,33,35,37)(H,32,34,36,38)/b6-3+. The smallest absolute Gasteiger partial charge is 0.322 e. The first-order valence-corrected chi connectivity index (χ1v) is 16.4. The first-order valence-electron chi connectivity index (χ1n) is 15.0. The topological polar surface area (TPSA) is 199 Å². The molecule has 2 aromatic heterocycles. The summed E-state index contributed by atoms with van der Waals surface area (Å²) in [5.74, 6) is 1.36. The Balaban J connectivity index is 1.17. The van der Waals surface area contributed by atoms with Crippen LogP contribution in [0, 0.1) is 0 Å². The fourth-order valence-electron chi connectivity index (χ4n) is 4.89. The van der Waals surface area contributed by atoms with E-state index in [1.807, 2.05) is 34.1 Å². The van der Waals surface area contributed by atoms with Crippen LogP contribution in [-0.2, 0) is 19.6 Å². The van der Waals surface area contributed by atoms with Crippen LogP contribution >= 0.6 is 0 Å². The molecule has 0 saturated carbocycles. The first-order chi connectivity index (χ1) is 23.3. The van der Waals surface area contributed by atoms with Crippen molar-refractivity contribution in [3.05, 3.63) is 53.6 Å². The van der Waals surface area contributed by atoms with Crippen LogP contribution in [0.1, 0.15) is 11.1 Å². The van der Waals surface area contributed by atoms with E-state index >= 15 is 0 Å². The molecule has 4 heterocycles. The van der Waals surface area contributed by atoms with Gasteiger partial charge < -0.3 is 39.4 Å². The normalized spacial score (nSPS) is 15.4. The van der Waals surface area contributed by atoms with Crippen LogP contribution < -0.4 is 29.9 Å². The molecule has 0 spiro atoms. The van der Waals surface area contributed by atoms with Gasteiger partial charge in [0, 0.05) is 37.6 Å². The molecular formula is C30H34N10O7S. The van der Waals surface area contributed by atoms with E-state index in [2.05, 4.69) is 40.5 Å². The van der Waals surface area contributed by atoms with Gasteiger partial charge in [0.1, 0.15) is 4.90 Å². The van der Waals surface area contributed by atoms with Gasteiger partial charge in [-0.1, -0.05) is 30.4 Å². The number of hydrogen-bond acceptors (Lipinski definition) is 16. The number of ether oxygens (including phenoxy) is 4. The summed E-state index contributed by atoms with van der Waals surface area (Å²) < 4.78 is 56.2. The number of nitrogens with zero attached hydrogens (tertiary/aromatic N) is 8. The first kappa shape index (κ1) is 32.8. The van der Waals surface area contributed by atoms with E-state index in [0.717, 1.165) is 5.56 Å². The van der Waals surface area contributed by atoms with Crippen LogP contribution in [0.2, 0.25) is 0 Å². The molecule has 48 heavy (non-hydrogen) atoms. The molecule has 6 rings (SSSR count).